The molecule has 2 rings (SSSR count). The number of hydrogen-bond acceptors (Lipinski definition) is 4. The number of nitriles is 1. The second-order valence-electron chi connectivity index (χ2n) is 7.76. The quantitative estimate of drug-likeness (QED) is 0.439. The Morgan fingerprint density at radius 1 is 1.06 bits per heavy atom. The number of pyridine rings is 1. The van der Waals surface area contributed by atoms with Crippen LogP contribution in [0.15, 0.2) is 48.8 Å². The summed E-state index contributed by atoms with van der Waals surface area (Å²) >= 11 is 0. The molecule has 0 spiro atoms. The first-order valence-electron chi connectivity index (χ1n) is 9.77. The van der Waals surface area contributed by atoms with Crippen LogP contribution in [-0.2, 0) is 4.79 Å². The first kappa shape index (κ1) is 25.2. The van der Waals surface area contributed by atoms with Crippen LogP contribution >= 0.6 is 0 Å². The second-order valence-corrected chi connectivity index (χ2v) is 7.76. The normalized spacial score (nSPS) is 14.2. The fourth-order valence-electron chi connectivity index (χ4n) is 3.49. The summed E-state index contributed by atoms with van der Waals surface area (Å²) in [5.41, 5.74) is 6.23. The van der Waals surface area contributed by atoms with Gasteiger partial charge in [-0.1, -0.05) is 38.1 Å². The molecule has 172 valence electrons. The Labute approximate surface area is 182 Å². The first-order valence-corrected chi connectivity index (χ1v) is 9.77. The highest BCUT2D eigenvalue weighted by Crippen LogP contribution is 2.48. The molecule has 0 radical (unpaired) electrons. The van der Waals surface area contributed by atoms with Crippen LogP contribution < -0.4 is 5.73 Å². The molecular formula is C22H23F5N4O. The Morgan fingerprint density at radius 3 is 2.03 bits per heavy atom. The van der Waals surface area contributed by atoms with Gasteiger partial charge in [-0.25, -0.2) is 0 Å². The molecule has 1 aromatic carbocycles. The molecule has 1 aromatic heterocycles. The lowest BCUT2D eigenvalue weighted by Gasteiger charge is -2.40. The van der Waals surface area contributed by atoms with Crippen molar-refractivity contribution in [3.8, 4) is 17.2 Å². The fourth-order valence-corrected chi connectivity index (χ4v) is 3.49. The van der Waals surface area contributed by atoms with E-state index in [4.69, 9.17) is 5.73 Å². The van der Waals surface area contributed by atoms with E-state index in [-0.39, 0.29) is 12.3 Å². The highest BCUT2D eigenvalue weighted by atomic mass is 19.4. The maximum absolute atomic E-state index is 14.8. The Hall–Kier alpha value is -3.06. The Bertz CT molecular complexity index is 940. The van der Waals surface area contributed by atoms with Gasteiger partial charge in [0.25, 0.3) is 0 Å². The summed E-state index contributed by atoms with van der Waals surface area (Å²) in [6.45, 7) is 2.49. The van der Waals surface area contributed by atoms with Crippen LogP contribution in [0, 0.1) is 17.2 Å². The van der Waals surface area contributed by atoms with Crippen LogP contribution in [0.1, 0.15) is 31.9 Å². The third-order valence-corrected chi connectivity index (χ3v) is 4.97. The van der Waals surface area contributed by atoms with Gasteiger partial charge in [-0.15, -0.1) is 0 Å². The lowest BCUT2D eigenvalue weighted by atomic mass is 9.92. The van der Waals surface area contributed by atoms with Gasteiger partial charge in [0.15, 0.2) is 0 Å². The largest absolute Gasteiger partial charge is 0.455 e. The predicted octanol–water partition coefficient (Wildman–Crippen LogP) is 4.71. The van der Waals surface area contributed by atoms with Crippen LogP contribution in [0.3, 0.4) is 0 Å². The molecule has 0 aliphatic carbocycles. The highest BCUT2D eigenvalue weighted by Gasteiger charge is 2.65. The fraction of sp³-hybridized carbons (Fsp3) is 0.409. The SMILES string of the molecule is CC(C)C[C@@H](C(N)=O)N(CC#N)[C@@H](c1ccc(-c2ccncc2)cc1)C(F)(F)C(F)(F)F. The zero-order chi connectivity index (χ0) is 24.1. The molecular weight excluding hydrogens is 431 g/mol. The number of nitrogens with two attached hydrogens (primary N) is 1. The average Bonchev–Trinajstić information content (AvgIpc) is 2.71. The highest BCUT2D eigenvalue weighted by molar-refractivity contribution is 5.80. The molecule has 0 unspecified atom stereocenters. The van der Waals surface area contributed by atoms with Crippen LogP contribution in [-0.4, -0.2) is 40.5 Å². The molecule has 0 bridgehead atoms. The molecule has 0 aliphatic rings. The summed E-state index contributed by atoms with van der Waals surface area (Å²) in [7, 11) is 0. The van der Waals surface area contributed by atoms with Crippen LogP contribution in [0.25, 0.3) is 11.1 Å². The number of alkyl halides is 5. The summed E-state index contributed by atoms with van der Waals surface area (Å²) in [5, 5.41) is 9.18. The topological polar surface area (TPSA) is 83.0 Å². The molecule has 1 amide bonds. The second kappa shape index (κ2) is 10.0. The van der Waals surface area contributed by atoms with Gasteiger partial charge in [-0.2, -0.15) is 27.2 Å². The van der Waals surface area contributed by atoms with Crippen molar-refractivity contribution < 1.29 is 26.7 Å². The molecule has 0 saturated heterocycles. The van der Waals surface area contributed by atoms with E-state index in [0.717, 1.165) is 12.1 Å². The minimum absolute atomic E-state index is 0.0868. The number of carbonyl (C=O) groups is 1. The summed E-state index contributed by atoms with van der Waals surface area (Å²) in [4.78, 5) is 16.5. The molecule has 1 heterocycles. The maximum atomic E-state index is 14.8. The number of halogens is 5. The van der Waals surface area contributed by atoms with E-state index in [0.29, 0.717) is 16.0 Å². The van der Waals surface area contributed by atoms with E-state index >= 15 is 0 Å². The molecule has 0 saturated carbocycles. The molecule has 2 aromatic rings. The van der Waals surface area contributed by atoms with Crippen molar-refractivity contribution in [1.82, 2.24) is 9.88 Å². The third kappa shape index (κ3) is 5.59. The van der Waals surface area contributed by atoms with Crippen molar-refractivity contribution in [2.24, 2.45) is 11.7 Å². The van der Waals surface area contributed by atoms with Gasteiger partial charge < -0.3 is 5.73 Å². The smallest absolute Gasteiger partial charge is 0.368 e. The molecule has 2 N–H and O–H groups in total. The Kier molecular flexibility index (Phi) is 7.91. The minimum Gasteiger partial charge on any atom is -0.368 e. The number of hydrogen-bond donors (Lipinski definition) is 1. The van der Waals surface area contributed by atoms with E-state index < -0.39 is 42.2 Å². The summed E-state index contributed by atoms with van der Waals surface area (Å²) < 4.78 is 70.0. The molecule has 32 heavy (non-hydrogen) atoms. The molecule has 0 aliphatic heterocycles. The van der Waals surface area contributed by atoms with E-state index in [2.05, 4.69) is 4.98 Å². The van der Waals surface area contributed by atoms with Gasteiger partial charge in [-0.3, -0.25) is 14.7 Å². The van der Waals surface area contributed by atoms with Crippen LogP contribution in [0.4, 0.5) is 22.0 Å². The van der Waals surface area contributed by atoms with Gasteiger partial charge in [0.2, 0.25) is 5.91 Å². The van der Waals surface area contributed by atoms with Crippen molar-refractivity contribution in [2.75, 3.05) is 6.54 Å². The lowest BCUT2D eigenvalue weighted by Crippen LogP contribution is -2.56. The standard InChI is InChI=1S/C22H23F5N4O/c1-14(2)13-18(20(29)32)31(12-9-28)19(21(23,24)22(25,26)27)17-5-3-15(4-6-17)16-7-10-30-11-8-16/h3-8,10-11,14,18-19H,12-13H2,1-2H3,(H2,29,32)/t18-,19-/m0/s1. The number of aromatic nitrogens is 1. The number of nitrogens with zero attached hydrogens (tertiary/aromatic N) is 3. The zero-order valence-corrected chi connectivity index (χ0v) is 17.5. The number of amides is 1. The molecule has 5 nitrogen and oxygen atoms in total. The predicted molar refractivity (Wildman–Crippen MR) is 108 cm³/mol. The van der Waals surface area contributed by atoms with Gasteiger partial charge in [0, 0.05) is 12.4 Å². The van der Waals surface area contributed by atoms with E-state index in [1.165, 1.54) is 24.5 Å². The number of rotatable bonds is 9. The van der Waals surface area contributed by atoms with Crippen molar-refractivity contribution >= 4 is 5.91 Å². The van der Waals surface area contributed by atoms with Crippen LogP contribution in [0.2, 0.25) is 0 Å². The third-order valence-electron chi connectivity index (χ3n) is 4.97. The monoisotopic (exact) mass is 454 g/mol. The Balaban J connectivity index is 2.63. The number of benzene rings is 1. The Morgan fingerprint density at radius 2 is 1.59 bits per heavy atom. The molecule has 0 fully saturated rings. The maximum Gasteiger partial charge on any atom is 0.455 e. The van der Waals surface area contributed by atoms with E-state index in [1.54, 1.807) is 32.0 Å². The van der Waals surface area contributed by atoms with E-state index in [1.807, 2.05) is 0 Å². The summed E-state index contributed by atoms with van der Waals surface area (Å²) in [6, 6.07) is 5.87. The van der Waals surface area contributed by atoms with E-state index in [9.17, 15) is 32.0 Å². The van der Waals surface area contributed by atoms with Gasteiger partial charge in [0.05, 0.1) is 18.7 Å². The van der Waals surface area contributed by atoms with Crippen molar-refractivity contribution in [2.45, 2.75) is 44.5 Å². The van der Waals surface area contributed by atoms with Crippen LogP contribution in [0.5, 0.6) is 0 Å². The molecule has 2 atom stereocenters. The zero-order valence-electron chi connectivity index (χ0n) is 17.5. The number of carbonyl (C=O) groups excluding carboxylic acids is 1. The van der Waals surface area contributed by atoms with Gasteiger partial charge >= 0.3 is 12.1 Å². The number of primary amides is 1. The van der Waals surface area contributed by atoms with Gasteiger partial charge in [-0.05, 0) is 41.2 Å². The van der Waals surface area contributed by atoms with Gasteiger partial charge in [0.1, 0.15) is 6.04 Å². The van der Waals surface area contributed by atoms with Crippen molar-refractivity contribution in [1.29, 1.82) is 5.26 Å². The van der Waals surface area contributed by atoms with Crippen molar-refractivity contribution in [3.05, 3.63) is 54.4 Å². The first-order chi connectivity index (χ1) is 14.9. The molecule has 10 heteroatoms. The van der Waals surface area contributed by atoms with Crippen molar-refractivity contribution in [3.63, 3.8) is 0 Å². The summed E-state index contributed by atoms with van der Waals surface area (Å²) in [5.74, 6) is -6.58. The summed E-state index contributed by atoms with van der Waals surface area (Å²) in [6.07, 6.45) is -2.98. The minimum atomic E-state index is -5.92. The lowest BCUT2D eigenvalue weighted by molar-refractivity contribution is -0.306. The average molecular weight is 454 g/mol.